The summed E-state index contributed by atoms with van der Waals surface area (Å²) in [4.78, 5) is 17.8. The molecule has 3 fully saturated rings. The van der Waals surface area contributed by atoms with Crippen LogP contribution in [-0.2, 0) is 10.2 Å². The number of hydrogen-bond donors (Lipinski definition) is 1. The van der Waals surface area contributed by atoms with Crippen LogP contribution in [0.15, 0.2) is 36.0 Å². The molecular formula is C35H54N2O. The van der Waals surface area contributed by atoms with Gasteiger partial charge in [-0.25, -0.2) is 0 Å². The van der Waals surface area contributed by atoms with Crippen LogP contribution in [0.5, 0.6) is 0 Å². The standard InChI is InChI=1S/C35H54N2O/c1-7-35(31-13-8-9-20-37-31)22-34(6)25(21-30(35)32(36)38)14-15-26-28-17-16-27(24(4)12-10-11-23(2)3)33(28,5)19-18-29(26)34/h8-9,13-14,20,23-24,26-30H,7,10-12,15-19,21-22H2,1-6H3,(H2,36,38)/t24-,26+,27-,28+,29+,30?,33-,34+,35?/m1/s1. The summed E-state index contributed by atoms with van der Waals surface area (Å²) < 4.78 is 0. The fourth-order valence-electron chi connectivity index (χ4n) is 10.8. The van der Waals surface area contributed by atoms with E-state index < -0.39 is 0 Å². The van der Waals surface area contributed by atoms with Crippen molar-refractivity contribution in [3.8, 4) is 0 Å². The molecule has 0 radical (unpaired) electrons. The minimum Gasteiger partial charge on any atom is -0.369 e. The first-order chi connectivity index (χ1) is 18.1. The molecule has 0 aliphatic heterocycles. The Morgan fingerprint density at radius 1 is 1.11 bits per heavy atom. The van der Waals surface area contributed by atoms with Gasteiger partial charge >= 0.3 is 0 Å². The van der Waals surface area contributed by atoms with Gasteiger partial charge in [0.05, 0.1) is 5.92 Å². The largest absolute Gasteiger partial charge is 0.369 e. The van der Waals surface area contributed by atoms with E-state index in [1.807, 2.05) is 12.3 Å². The zero-order valence-electron chi connectivity index (χ0n) is 25.1. The van der Waals surface area contributed by atoms with Crippen LogP contribution in [-0.4, -0.2) is 10.9 Å². The Balaban J connectivity index is 1.43. The van der Waals surface area contributed by atoms with Gasteiger partial charge in [0.15, 0.2) is 0 Å². The minimum atomic E-state index is -0.273. The summed E-state index contributed by atoms with van der Waals surface area (Å²) in [5, 5.41) is 0. The highest BCUT2D eigenvalue weighted by Gasteiger charge is 2.62. The number of carbonyl (C=O) groups is 1. The topological polar surface area (TPSA) is 56.0 Å². The van der Waals surface area contributed by atoms with Crippen molar-refractivity contribution in [1.82, 2.24) is 4.98 Å². The van der Waals surface area contributed by atoms with E-state index >= 15 is 0 Å². The molecule has 2 N–H and O–H groups in total. The number of nitrogens with zero attached hydrogens (tertiary/aromatic N) is 1. The molecular weight excluding hydrogens is 464 g/mol. The van der Waals surface area contributed by atoms with Crippen LogP contribution >= 0.6 is 0 Å². The molecule has 38 heavy (non-hydrogen) atoms. The molecule has 1 heterocycles. The third-order valence-corrected chi connectivity index (χ3v) is 12.7. The summed E-state index contributed by atoms with van der Waals surface area (Å²) in [6, 6.07) is 6.22. The van der Waals surface area contributed by atoms with Crippen molar-refractivity contribution in [2.75, 3.05) is 0 Å². The number of amides is 1. The van der Waals surface area contributed by atoms with Gasteiger partial charge in [-0.15, -0.1) is 0 Å². The Kier molecular flexibility index (Phi) is 7.64. The molecule has 0 aromatic carbocycles. The number of primary amides is 1. The second kappa shape index (κ2) is 10.4. The van der Waals surface area contributed by atoms with Gasteiger partial charge < -0.3 is 5.73 Å². The van der Waals surface area contributed by atoms with E-state index in [0.29, 0.717) is 11.3 Å². The zero-order valence-corrected chi connectivity index (χ0v) is 25.1. The lowest BCUT2D eigenvalue weighted by Crippen LogP contribution is -2.57. The third kappa shape index (κ3) is 4.39. The van der Waals surface area contributed by atoms with Gasteiger partial charge in [0.1, 0.15) is 0 Å². The predicted molar refractivity (Wildman–Crippen MR) is 157 cm³/mol. The molecule has 1 amide bonds. The molecule has 4 aliphatic carbocycles. The van der Waals surface area contributed by atoms with Crippen molar-refractivity contribution < 1.29 is 4.79 Å². The number of hydrogen-bond acceptors (Lipinski definition) is 2. The molecule has 0 spiro atoms. The van der Waals surface area contributed by atoms with Crippen LogP contribution in [0.4, 0.5) is 0 Å². The second-order valence-electron chi connectivity index (χ2n) is 14.9. The Morgan fingerprint density at radius 2 is 1.89 bits per heavy atom. The van der Waals surface area contributed by atoms with Crippen LogP contribution in [0.25, 0.3) is 0 Å². The first kappa shape index (κ1) is 27.9. The number of carbonyl (C=O) groups excluding carboxylic acids is 1. The fraction of sp³-hybridized carbons (Fsp3) is 0.771. The van der Waals surface area contributed by atoms with Crippen molar-refractivity contribution in [3.05, 3.63) is 41.7 Å². The van der Waals surface area contributed by atoms with E-state index in [9.17, 15) is 4.79 Å². The van der Waals surface area contributed by atoms with E-state index in [-0.39, 0.29) is 22.7 Å². The lowest BCUT2D eigenvalue weighted by atomic mass is 9.43. The lowest BCUT2D eigenvalue weighted by Gasteiger charge is -2.61. The molecule has 5 rings (SSSR count). The van der Waals surface area contributed by atoms with Gasteiger partial charge in [0.25, 0.3) is 0 Å². The number of pyridine rings is 1. The molecule has 3 heteroatoms. The molecule has 0 saturated heterocycles. The first-order valence-corrected chi connectivity index (χ1v) is 16.0. The Morgan fingerprint density at radius 3 is 2.55 bits per heavy atom. The summed E-state index contributed by atoms with van der Waals surface area (Å²) >= 11 is 0. The summed E-state index contributed by atoms with van der Waals surface area (Å²) in [5.74, 6) is 4.55. The molecule has 0 bridgehead atoms. The highest BCUT2D eigenvalue weighted by atomic mass is 16.1. The molecule has 9 atom stereocenters. The number of nitrogens with two attached hydrogens (primary N) is 1. The number of allylic oxidation sites excluding steroid dienone is 2. The van der Waals surface area contributed by atoms with Gasteiger partial charge in [-0.1, -0.05) is 78.5 Å². The summed E-state index contributed by atoms with van der Waals surface area (Å²) in [5.41, 5.74) is 9.10. The van der Waals surface area contributed by atoms with Crippen molar-refractivity contribution in [1.29, 1.82) is 0 Å². The van der Waals surface area contributed by atoms with Crippen LogP contribution in [0.3, 0.4) is 0 Å². The molecule has 210 valence electrons. The predicted octanol–water partition coefficient (Wildman–Crippen LogP) is 8.48. The maximum atomic E-state index is 12.9. The lowest BCUT2D eigenvalue weighted by molar-refractivity contribution is -0.128. The highest BCUT2D eigenvalue weighted by Crippen LogP contribution is 2.69. The summed E-state index contributed by atoms with van der Waals surface area (Å²) in [6.45, 7) is 14.8. The molecule has 1 aromatic rings. The van der Waals surface area contributed by atoms with Crippen molar-refractivity contribution in [3.63, 3.8) is 0 Å². The SMILES string of the molecule is CCC1(c2ccccn2)C[C@@]2(C)C(=CC[C@H]3[C@@H]4CC[C@H]([C@H](C)CCCC(C)C)[C@@]4(C)CC[C@@H]32)CC1C(N)=O. The third-order valence-electron chi connectivity index (χ3n) is 12.7. The second-order valence-corrected chi connectivity index (χ2v) is 14.9. The van der Waals surface area contributed by atoms with E-state index in [2.05, 4.69) is 59.8 Å². The van der Waals surface area contributed by atoms with Gasteiger partial charge in [0, 0.05) is 17.3 Å². The zero-order chi connectivity index (χ0) is 27.3. The maximum absolute atomic E-state index is 12.9. The number of rotatable bonds is 8. The Hall–Kier alpha value is -1.64. The van der Waals surface area contributed by atoms with E-state index in [4.69, 9.17) is 10.7 Å². The molecule has 3 nitrogen and oxygen atoms in total. The van der Waals surface area contributed by atoms with Crippen molar-refractivity contribution in [2.45, 2.75) is 118 Å². The van der Waals surface area contributed by atoms with E-state index in [1.54, 1.807) is 0 Å². The average molecular weight is 519 g/mol. The van der Waals surface area contributed by atoms with E-state index in [0.717, 1.165) is 54.5 Å². The molecule has 2 unspecified atom stereocenters. The van der Waals surface area contributed by atoms with Crippen LogP contribution in [0.2, 0.25) is 0 Å². The monoisotopic (exact) mass is 518 g/mol. The van der Waals surface area contributed by atoms with Gasteiger partial charge in [-0.2, -0.15) is 0 Å². The Labute approximate surface area is 232 Å². The average Bonchev–Trinajstić information content (AvgIpc) is 3.25. The smallest absolute Gasteiger partial charge is 0.221 e. The van der Waals surface area contributed by atoms with Gasteiger partial charge in [-0.05, 0) is 110 Å². The molecule has 3 saturated carbocycles. The highest BCUT2D eigenvalue weighted by molar-refractivity contribution is 5.79. The van der Waals surface area contributed by atoms with Crippen LogP contribution < -0.4 is 5.73 Å². The van der Waals surface area contributed by atoms with Crippen LogP contribution in [0.1, 0.15) is 118 Å². The van der Waals surface area contributed by atoms with Gasteiger partial charge in [0.2, 0.25) is 5.91 Å². The fourth-order valence-corrected chi connectivity index (χ4v) is 10.8. The summed E-state index contributed by atoms with van der Waals surface area (Å²) in [6.07, 6.45) is 18.1. The molecule has 1 aromatic heterocycles. The minimum absolute atomic E-state index is 0.130. The normalized spacial score (nSPS) is 41.1. The van der Waals surface area contributed by atoms with Crippen molar-refractivity contribution >= 4 is 5.91 Å². The van der Waals surface area contributed by atoms with Crippen LogP contribution in [0, 0.1) is 52.3 Å². The quantitative estimate of drug-likeness (QED) is 0.351. The van der Waals surface area contributed by atoms with Crippen molar-refractivity contribution in [2.24, 2.45) is 58.0 Å². The number of fused-ring (bicyclic) bond motifs is 5. The number of aromatic nitrogens is 1. The maximum Gasteiger partial charge on any atom is 0.221 e. The summed E-state index contributed by atoms with van der Waals surface area (Å²) in [7, 11) is 0. The molecule has 4 aliphatic rings. The Bertz CT molecular complexity index is 1030. The van der Waals surface area contributed by atoms with Gasteiger partial charge in [-0.3, -0.25) is 9.78 Å². The van der Waals surface area contributed by atoms with E-state index in [1.165, 1.54) is 56.9 Å². The first-order valence-electron chi connectivity index (χ1n) is 16.0.